The van der Waals surface area contributed by atoms with Crippen LogP contribution >= 0.6 is 0 Å². The van der Waals surface area contributed by atoms with Gasteiger partial charge in [-0.2, -0.15) is 18.3 Å². The fourth-order valence-electron chi connectivity index (χ4n) is 2.11. The van der Waals surface area contributed by atoms with Crippen LogP contribution in [-0.4, -0.2) is 32.0 Å². The van der Waals surface area contributed by atoms with Crippen LogP contribution < -0.4 is 10.6 Å². The van der Waals surface area contributed by atoms with Gasteiger partial charge in [-0.15, -0.1) is 0 Å². The topological polar surface area (TPSA) is 113 Å². The van der Waals surface area contributed by atoms with Gasteiger partial charge in [0.05, 0.1) is 35.5 Å². The number of hydrogen-bond acceptors (Lipinski definition) is 5. The van der Waals surface area contributed by atoms with Crippen LogP contribution in [-0.2, 0) is 6.18 Å². The van der Waals surface area contributed by atoms with E-state index in [1.165, 1.54) is 0 Å². The molecule has 3 N–H and O–H groups in total. The molecule has 0 atom stereocenters. The standard InChI is InChI=1S/C16H10F4N6O2/c17-9-3-8(4-21-5-9)14(27)25-11-7-23-26-13(11)15(28)24-10-1-2-12(22-6-10)16(18,19)20/h1-7H,(H,23,26)(H,24,28)(H,25,27). The van der Waals surface area contributed by atoms with E-state index in [-0.39, 0.29) is 22.6 Å². The number of nitrogens with zero attached hydrogens (tertiary/aromatic N) is 3. The van der Waals surface area contributed by atoms with E-state index in [1.807, 2.05) is 0 Å². The highest BCUT2D eigenvalue weighted by Gasteiger charge is 2.32. The molecule has 0 aromatic carbocycles. The molecule has 0 radical (unpaired) electrons. The number of amides is 2. The van der Waals surface area contributed by atoms with Gasteiger partial charge in [0, 0.05) is 6.20 Å². The fraction of sp³-hybridized carbons (Fsp3) is 0.0625. The SMILES string of the molecule is O=C(Nc1cn[nH]c1C(=O)Nc1ccc(C(F)(F)F)nc1)c1cncc(F)c1. The molecule has 3 aromatic heterocycles. The van der Waals surface area contributed by atoms with E-state index < -0.39 is 29.5 Å². The molecular weight excluding hydrogens is 384 g/mol. The summed E-state index contributed by atoms with van der Waals surface area (Å²) in [5, 5.41) is 10.7. The van der Waals surface area contributed by atoms with Crippen LogP contribution in [0.2, 0.25) is 0 Å². The summed E-state index contributed by atoms with van der Waals surface area (Å²) in [6.45, 7) is 0. The van der Waals surface area contributed by atoms with Crippen molar-refractivity contribution in [2.45, 2.75) is 6.18 Å². The van der Waals surface area contributed by atoms with Gasteiger partial charge in [-0.25, -0.2) is 9.37 Å². The molecule has 28 heavy (non-hydrogen) atoms. The molecule has 0 aliphatic heterocycles. The highest BCUT2D eigenvalue weighted by atomic mass is 19.4. The summed E-state index contributed by atoms with van der Waals surface area (Å²) in [6.07, 6.45) is -0.564. The molecule has 0 aliphatic rings. The van der Waals surface area contributed by atoms with E-state index in [9.17, 15) is 27.2 Å². The number of pyridine rings is 2. The predicted octanol–water partition coefficient (Wildman–Crippen LogP) is 2.86. The Balaban J connectivity index is 1.72. The number of carbonyl (C=O) groups excluding carboxylic acids is 2. The van der Waals surface area contributed by atoms with E-state index in [4.69, 9.17) is 0 Å². The molecule has 0 unspecified atom stereocenters. The van der Waals surface area contributed by atoms with Crippen molar-refractivity contribution < 1.29 is 27.2 Å². The van der Waals surface area contributed by atoms with Gasteiger partial charge in [-0.3, -0.25) is 19.7 Å². The van der Waals surface area contributed by atoms with Crippen molar-refractivity contribution in [2.24, 2.45) is 0 Å². The van der Waals surface area contributed by atoms with Gasteiger partial charge < -0.3 is 10.6 Å². The van der Waals surface area contributed by atoms with Crippen molar-refractivity contribution in [3.05, 3.63) is 65.8 Å². The maximum absolute atomic E-state index is 13.2. The smallest absolute Gasteiger partial charge is 0.319 e. The highest BCUT2D eigenvalue weighted by molar-refractivity contribution is 6.11. The first-order valence-electron chi connectivity index (χ1n) is 7.54. The van der Waals surface area contributed by atoms with Crippen LogP contribution in [0.4, 0.5) is 28.9 Å². The molecule has 0 bridgehead atoms. The first kappa shape index (κ1) is 18.9. The minimum atomic E-state index is -4.60. The number of nitrogens with one attached hydrogen (secondary N) is 3. The van der Waals surface area contributed by atoms with Crippen LogP contribution in [0.5, 0.6) is 0 Å². The molecule has 3 aromatic rings. The van der Waals surface area contributed by atoms with Gasteiger partial charge >= 0.3 is 6.18 Å². The third kappa shape index (κ3) is 4.28. The lowest BCUT2D eigenvalue weighted by Gasteiger charge is -2.08. The Labute approximate surface area is 154 Å². The summed E-state index contributed by atoms with van der Waals surface area (Å²) < 4.78 is 50.7. The zero-order valence-electron chi connectivity index (χ0n) is 13.7. The molecule has 144 valence electrons. The van der Waals surface area contributed by atoms with Gasteiger partial charge in [-0.1, -0.05) is 0 Å². The largest absolute Gasteiger partial charge is 0.433 e. The number of aromatic nitrogens is 4. The molecule has 0 aliphatic carbocycles. The molecule has 3 heterocycles. The summed E-state index contributed by atoms with van der Waals surface area (Å²) in [5.74, 6) is -2.24. The number of carbonyl (C=O) groups is 2. The van der Waals surface area contributed by atoms with Gasteiger partial charge in [0.15, 0.2) is 0 Å². The predicted molar refractivity (Wildman–Crippen MR) is 87.9 cm³/mol. The second-order valence-corrected chi connectivity index (χ2v) is 5.39. The van der Waals surface area contributed by atoms with E-state index in [1.54, 1.807) is 0 Å². The lowest BCUT2D eigenvalue weighted by molar-refractivity contribution is -0.141. The number of hydrogen-bond donors (Lipinski definition) is 3. The third-order valence-electron chi connectivity index (χ3n) is 3.39. The molecule has 2 amide bonds. The summed E-state index contributed by atoms with van der Waals surface area (Å²) in [6, 6.07) is 2.69. The molecular formula is C16H10F4N6O2. The Bertz CT molecular complexity index is 1020. The molecule has 8 nitrogen and oxygen atoms in total. The lowest BCUT2D eigenvalue weighted by atomic mass is 10.2. The van der Waals surface area contributed by atoms with E-state index >= 15 is 0 Å². The van der Waals surface area contributed by atoms with Crippen molar-refractivity contribution in [2.75, 3.05) is 10.6 Å². The summed E-state index contributed by atoms with van der Waals surface area (Å²) in [5.41, 5.74) is -1.38. The van der Waals surface area contributed by atoms with Crippen LogP contribution in [0.25, 0.3) is 0 Å². The molecule has 0 saturated carbocycles. The Morgan fingerprint density at radius 2 is 1.79 bits per heavy atom. The van der Waals surface area contributed by atoms with Gasteiger partial charge in [0.2, 0.25) is 0 Å². The first-order chi connectivity index (χ1) is 13.2. The second-order valence-electron chi connectivity index (χ2n) is 5.39. The van der Waals surface area contributed by atoms with Crippen molar-refractivity contribution in [1.29, 1.82) is 0 Å². The monoisotopic (exact) mass is 394 g/mol. The number of rotatable bonds is 4. The molecule has 12 heteroatoms. The summed E-state index contributed by atoms with van der Waals surface area (Å²) in [4.78, 5) is 31.2. The summed E-state index contributed by atoms with van der Waals surface area (Å²) >= 11 is 0. The van der Waals surface area contributed by atoms with Crippen LogP contribution in [0.1, 0.15) is 26.5 Å². The average Bonchev–Trinajstić information content (AvgIpc) is 3.09. The van der Waals surface area contributed by atoms with Gasteiger partial charge in [-0.05, 0) is 18.2 Å². The lowest BCUT2D eigenvalue weighted by Crippen LogP contribution is -2.18. The zero-order chi connectivity index (χ0) is 20.3. The Morgan fingerprint density at radius 3 is 2.43 bits per heavy atom. The van der Waals surface area contributed by atoms with Gasteiger partial charge in [0.1, 0.15) is 17.2 Å². The van der Waals surface area contributed by atoms with Gasteiger partial charge in [0.25, 0.3) is 11.8 Å². The van der Waals surface area contributed by atoms with Crippen LogP contribution in [0, 0.1) is 5.82 Å². The fourth-order valence-corrected chi connectivity index (χ4v) is 2.11. The third-order valence-corrected chi connectivity index (χ3v) is 3.39. The molecule has 0 fully saturated rings. The Morgan fingerprint density at radius 1 is 1.00 bits per heavy atom. The molecule has 3 rings (SSSR count). The average molecular weight is 394 g/mol. The first-order valence-corrected chi connectivity index (χ1v) is 7.54. The van der Waals surface area contributed by atoms with Crippen LogP contribution in [0.15, 0.2) is 43.0 Å². The number of H-pyrrole nitrogens is 1. The Kier molecular flexibility index (Phi) is 5.02. The van der Waals surface area contributed by atoms with Crippen molar-refractivity contribution >= 4 is 23.2 Å². The highest BCUT2D eigenvalue weighted by Crippen LogP contribution is 2.28. The van der Waals surface area contributed by atoms with Crippen LogP contribution in [0.3, 0.4) is 0 Å². The minimum Gasteiger partial charge on any atom is -0.319 e. The normalized spacial score (nSPS) is 11.1. The van der Waals surface area contributed by atoms with E-state index in [2.05, 4.69) is 30.8 Å². The number of anilines is 2. The molecule has 0 spiro atoms. The molecule has 0 saturated heterocycles. The quantitative estimate of drug-likeness (QED) is 0.589. The maximum atomic E-state index is 13.2. The second kappa shape index (κ2) is 7.42. The number of aromatic amines is 1. The van der Waals surface area contributed by atoms with E-state index in [0.717, 1.165) is 36.9 Å². The Hall–Kier alpha value is -3.83. The number of halogens is 4. The van der Waals surface area contributed by atoms with Crippen molar-refractivity contribution in [1.82, 2.24) is 20.2 Å². The van der Waals surface area contributed by atoms with Crippen molar-refractivity contribution in [3.63, 3.8) is 0 Å². The number of alkyl halides is 3. The zero-order valence-corrected chi connectivity index (χ0v) is 13.7. The minimum absolute atomic E-state index is 0.000734. The van der Waals surface area contributed by atoms with Crippen molar-refractivity contribution in [3.8, 4) is 0 Å². The maximum Gasteiger partial charge on any atom is 0.433 e. The van der Waals surface area contributed by atoms with E-state index in [0.29, 0.717) is 6.07 Å². The summed E-state index contributed by atoms with van der Waals surface area (Å²) in [7, 11) is 0.